The fourth-order valence-electron chi connectivity index (χ4n) is 2.87. The number of halogens is 2. The predicted molar refractivity (Wildman–Crippen MR) is 98.3 cm³/mol. The van der Waals surface area contributed by atoms with Crippen LogP contribution < -0.4 is 10.2 Å². The molecule has 6 nitrogen and oxygen atoms in total. The number of ether oxygens (including phenoxy) is 1. The molecule has 1 N–H and O–H groups in total. The van der Waals surface area contributed by atoms with E-state index in [1.807, 2.05) is 0 Å². The van der Waals surface area contributed by atoms with Gasteiger partial charge in [-0.1, -0.05) is 17.7 Å². The first-order valence-electron chi connectivity index (χ1n) is 8.13. The van der Waals surface area contributed by atoms with Gasteiger partial charge in [-0.3, -0.25) is 9.59 Å². The Labute approximate surface area is 159 Å². The van der Waals surface area contributed by atoms with Gasteiger partial charge in [0.05, 0.1) is 23.6 Å². The Morgan fingerprint density at radius 2 is 2.04 bits per heavy atom. The third kappa shape index (κ3) is 4.09. The van der Waals surface area contributed by atoms with Gasteiger partial charge in [0, 0.05) is 24.3 Å². The van der Waals surface area contributed by atoms with Crippen LogP contribution in [0.25, 0.3) is 0 Å². The van der Waals surface area contributed by atoms with E-state index in [2.05, 4.69) is 10.1 Å². The van der Waals surface area contributed by atoms with Crippen molar-refractivity contribution in [1.82, 2.24) is 0 Å². The first kappa shape index (κ1) is 18.8. The van der Waals surface area contributed by atoms with Crippen LogP contribution in [-0.4, -0.2) is 31.4 Å². The first-order valence-corrected chi connectivity index (χ1v) is 8.51. The predicted octanol–water partition coefficient (Wildman–Crippen LogP) is 3.26. The zero-order valence-electron chi connectivity index (χ0n) is 14.4. The van der Waals surface area contributed by atoms with Gasteiger partial charge < -0.3 is 15.0 Å². The molecule has 1 saturated heterocycles. The topological polar surface area (TPSA) is 75.7 Å². The molecule has 1 unspecified atom stereocenters. The summed E-state index contributed by atoms with van der Waals surface area (Å²) in [5.41, 5.74) is 1.17. The highest BCUT2D eigenvalue weighted by molar-refractivity contribution is 6.31. The van der Waals surface area contributed by atoms with Gasteiger partial charge in [0.2, 0.25) is 11.8 Å². The molecular formula is C19H16ClFN2O4. The number of carbonyl (C=O) groups excluding carboxylic acids is 3. The largest absolute Gasteiger partial charge is 0.465 e. The van der Waals surface area contributed by atoms with Crippen LogP contribution in [0.5, 0.6) is 0 Å². The highest BCUT2D eigenvalue weighted by Crippen LogP contribution is 2.29. The number of nitrogens with one attached hydrogen (secondary N) is 1. The Morgan fingerprint density at radius 1 is 1.26 bits per heavy atom. The zero-order valence-corrected chi connectivity index (χ0v) is 15.1. The number of anilines is 2. The van der Waals surface area contributed by atoms with Gasteiger partial charge in [0.25, 0.3) is 0 Å². The van der Waals surface area contributed by atoms with Crippen LogP contribution in [0.4, 0.5) is 15.8 Å². The second kappa shape index (κ2) is 7.75. The van der Waals surface area contributed by atoms with Gasteiger partial charge in [-0.25, -0.2) is 9.18 Å². The summed E-state index contributed by atoms with van der Waals surface area (Å²) in [5, 5.41) is 2.61. The molecule has 1 atom stereocenters. The summed E-state index contributed by atoms with van der Waals surface area (Å²) in [4.78, 5) is 37.8. The number of amides is 2. The second-order valence-corrected chi connectivity index (χ2v) is 6.47. The van der Waals surface area contributed by atoms with E-state index in [1.165, 1.54) is 36.3 Å². The highest BCUT2D eigenvalue weighted by atomic mass is 35.5. The van der Waals surface area contributed by atoms with Crippen LogP contribution in [0, 0.1) is 11.7 Å². The van der Waals surface area contributed by atoms with Crippen LogP contribution in [-0.2, 0) is 14.3 Å². The minimum absolute atomic E-state index is 0.0253. The summed E-state index contributed by atoms with van der Waals surface area (Å²) in [6.45, 7) is 0.156. The minimum Gasteiger partial charge on any atom is -0.465 e. The lowest BCUT2D eigenvalue weighted by atomic mass is 10.1. The van der Waals surface area contributed by atoms with Gasteiger partial charge >= 0.3 is 5.97 Å². The van der Waals surface area contributed by atoms with E-state index >= 15 is 0 Å². The number of rotatable bonds is 4. The number of hydrogen-bond acceptors (Lipinski definition) is 4. The number of esters is 1. The third-order valence-corrected chi connectivity index (χ3v) is 4.55. The summed E-state index contributed by atoms with van der Waals surface area (Å²) in [6.07, 6.45) is 0.0253. The van der Waals surface area contributed by atoms with Crippen molar-refractivity contribution in [2.45, 2.75) is 6.42 Å². The summed E-state index contributed by atoms with van der Waals surface area (Å²) < 4.78 is 18.0. The Balaban J connectivity index is 1.70. The van der Waals surface area contributed by atoms with Gasteiger partial charge in [0.15, 0.2) is 0 Å². The quantitative estimate of drug-likeness (QED) is 0.813. The number of benzene rings is 2. The maximum atomic E-state index is 13.3. The molecular weight excluding hydrogens is 375 g/mol. The van der Waals surface area contributed by atoms with Crippen molar-refractivity contribution in [1.29, 1.82) is 0 Å². The monoisotopic (exact) mass is 390 g/mol. The molecule has 140 valence electrons. The van der Waals surface area contributed by atoms with Gasteiger partial charge in [0.1, 0.15) is 5.82 Å². The molecule has 0 bridgehead atoms. The van der Waals surface area contributed by atoms with Crippen molar-refractivity contribution in [3.05, 3.63) is 58.9 Å². The normalized spacial score (nSPS) is 16.3. The molecule has 2 aromatic carbocycles. The van der Waals surface area contributed by atoms with Crippen molar-refractivity contribution in [3.63, 3.8) is 0 Å². The summed E-state index contributed by atoms with van der Waals surface area (Å²) in [7, 11) is 1.27. The van der Waals surface area contributed by atoms with E-state index in [0.717, 1.165) is 0 Å². The van der Waals surface area contributed by atoms with Gasteiger partial charge in [-0.2, -0.15) is 0 Å². The van der Waals surface area contributed by atoms with Crippen LogP contribution in [0.1, 0.15) is 16.8 Å². The molecule has 8 heteroatoms. The zero-order chi connectivity index (χ0) is 19.6. The Hall–Kier alpha value is -2.93. The van der Waals surface area contributed by atoms with Gasteiger partial charge in [-0.15, -0.1) is 0 Å². The highest BCUT2D eigenvalue weighted by Gasteiger charge is 2.35. The smallest absolute Gasteiger partial charge is 0.337 e. The number of carbonyl (C=O) groups is 3. The van der Waals surface area contributed by atoms with E-state index in [9.17, 15) is 18.8 Å². The van der Waals surface area contributed by atoms with Crippen LogP contribution in [0.15, 0.2) is 42.5 Å². The SMILES string of the molecule is COC(=O)c1cccc(NC(=O)C2CC(=O)N(c3ccc(F)c(Cl)c3)C2)c1. The molecule has 27 heavy (non-hydrogen) atoms. The van der Waals surface area contributed by atoms with Crippen molar-refractivity contribution in [3.8, 4) is 0 Å². The van der Waals surface area contributed by atoms with Crippen molar-refractivity contribution < 1.29 is 23.5 Å². The lowest BCUT2D eigenvalue weighted by Gasteiger charge is -2.17. The van der Waals surface area contributed by atoms with E-state index in [4.69, 9.17) is 11.6 Å². The average Bonchev–Trinajstić information content (AvgIpc) is 3.05. The molecule has 0 aliphatic carbocycles. The van der Waals surface area contributed by atoms with Crippen LogP contribution in [0.3, 0.4) is 0 Å². The van der Waals surface area contributed by atoms with Crippen molar-refractivity contribution in [2.75, 3.05) is 23.9 Å². The third-order valence-electron chi connectivity index (χ3n) is 4.26. The van der Waals surface area contributed by atoms with Gasteiger partial charge in [-0.05, 0) is 36.4 Å². The summed E-state index contributed by atoms with van der Waals surface area (Å²) >= 11 is 5.77. The van der Waals surface area contributed by atoms with Crippen LogP contribution in [0.2, 0.25) is 5.02 Å². The summed E-state index contributed by atoms with van der Waals surface area (Å²) in [5.74, 6) is -2.27. The fraction of sp³-hybridized carbons (Fsp3) is 0.211. The molecule has 2 aromatic rings. The Kier molecular flexibility index (Phi) is 5.41. The number of methoxy groups -OCH3 is 1. The Bertz CT molecular complexity index is 918. The van der Waals surface area contributed by atoms with E-state index in [-0.39, 0.29) is 29.8 Å². The van der Waals surface area contributed by atoms with E-state index in [1.54, 1.807) is 18.2 Å². The molecule has 0 aromatic heterocycles. The molecule has 1 fully saturated rings. The fourth-order valence-corrected chi connectivity index (χ4v) is 3.05. The van der Waals surface area contributed by atoms with E-state index < -0.39 is 17.7 Å². The maximum Gasteiger partial charge on any atom is 0.337 e. The number of hydrogen-bond donors (Lipinski definition) is 1. The molecule has 1 aliphatic heterocycles. The molecule has 2 amide bonds. The molecule has 1 aliphatic rings. The lowest BCUT2D eigenvalue weighted by Crippen LogP contribution is -2.28. The molecule has 0 spiro atoms. The van der Waals surface area contributed by atoms with Crippen LogP contribution >= 0.6 is 11.6 Å². The van der Waals surface area contributed by atoms with Crippen molar-refractivity contribution >= 4 is 40.8 Å². The molecule has 0 saturated carbocycles. The average molecular weight is 391 g/mol. The molecule has 0 radical (unpaired) electrons. The minimum atomic E-state index is -0.580. The first-order chi connectivity index (χ1) is 12.9. The molecule has 1 heterocycles. The maximum absolute atomic E-state index is 13.3. The summed E-state index contributed by atoms with van der Waals surface area (Å²) in [6, 6.07) is 10.3. The number of nitrogens with zero attached hydrogens (tertiary/aromatic N) is 1. The van der Waals surface area contributed by atoms with Crippen molar-refractivity contribution in [2.24, 2.45) is 5.92 Å². The lowest BCUT2D eigenvalue weighted by molar-refractivity contribution is -0.122. The Morgan fingerprint density at radius 3 is 2.74 bits per heavy atom. The molecule has 3 rings (SSSR count). The second-order valence-electron chi connectivity index (χ2n) is 6.07. The van der Waals surface area contributed by atoms with E-state index in [0.29, 0.717) is 16.9 Å². The standard InChI is InChI=1S/C19H16ClFN2O4/c1-27-19(26)11-3-2-4-13(7-11)22-18(25)12-8-17(24)23(10-12)14-5-6-16(21)15(20)9-14/h2-7,9,12H,8,10H2,1H3,(H,22,25).